The Morgan fingerprint density at radius 2 is 1.38 bits per heavy atom. The fraction of sp³-hybridized carbons (Fsp3) is 0.500. The number of thiophene rings is 1. The van der Waals surface area contributed by atoms with Gasteiger partial charge in [-0.15, -0.1) is 11.3 Å². The molecule has 1 unspecified atom stereocenters. The third kappa shape index (κ3) is 7.52. The predicted octanol–water partition coefficient (Wildman–Crippen LogP) is 5.11. The van der Waals surface area contributed by atoms with Gasteiger partial charge in [0.05, 0.1) is 29.3 Å². The quantitative estimate of drug-likeness (QED) is 0.208. The molecule has 0 spiro atoms. The number of hydrogen-bond donors (Lipinski definition) is 1. The average Bonchev–Trinajstić information content (AvgIpc) is 3.36. The number of amides is 4. The maximum Gasteiger partial charge on any atom is 0.410 e. The number of rotatable bonds is 4. The monoisotopic (exact) mass is 641 g/mol. The van der Waals surface area contributed by atoms with Gasteiger partial charge in [0.1, 0.15) is 21.8 Å². The molecule has 1 atom stereocenters. The summed E-state index contributed by atoms with van der Waals surface area (Å²) in [6, 6.07) is 5.49. The van der Waals surface area contributed by atoms with Gasteiger partial charge in [-0.2, -0.15) is 0 Å². The van der Waals surface area contributed by atoms with E-state index >= 15 is 0 Å². The standard InChI is InChI=1S/C32H39N3O9S/c1-30(2,3)42-27(39)21-19-14-15-34(29(41)44-32(7,8)9)20(16-35-25(37)17-12-10-11-13-18(17)26(35)38)22(19)45-24(21)33-23(36)28(40)43-31(4,5)6/h10-13,20H,14-16H2,1-9H3,(H,33,36). The normalized spacial score (nSPS) is 16.6. The molecule has 4 amide bonds. The minimum absolute atomic E-state index is 0.0171. The van der Waals surface area contributed by atoms with Crippen LogP contribution < -0.4 is 5.32 Å². The smallest absolute Gasteiger partial charge is 0.410 e. The maximum absolute atomic E-state index is 13.6. The van der Waals surface area contributed by atoms with Gasteiger partial charge in [-0.25, -0.2) is 14.4 Å². The van der Waals surface area contributed by atoms with Crippen LogP contribution in [0, 0.1) is 0 Å². The Balaban J connectivity index is 1.81. The Labute approximate surface area is 266 Å². The summed E-state index contributed by atoms with van der Waals surface area (Å²) in [4.78, 5) is 82.2. The van der Waals surface area contributed by atoms with E-state index in [9.17, 15) is 28.8 Å². The highest BCUT2D eigenvalue weighted by Gasteiger charge is 2.44. The highest BCUT2D eigenvalue weighted by atomic mass is 32.1. The van der Waals surface area contributed by atoms with Crippen molar-refractivity contribution in [3.8, 4) is 0 Å². The summed E-state index contributed by atoms with van der Waals surface area (Å²) < 4.78 is 16.5. The van der Waals surface area contributed by atoms with E-state index in [-0.39, 0.29) is 41.2 Å². The van der Waals surface area contributed by atoms with E-state index in [0.29, 0.717) is 10.4 Å². The molecule has 13 heteroatoms. The van der Waals surface area contributed by atoms with E-state index in [4.69, 9.17) is 14.2 Å². The summed E-state index contributed by atoms with van der Waals surface area (Å²) in [6.07, 6.45) is -0.512. The first-order chi connectivity index (χ1) is 20.7. The van der Waals surface area contributed by atoms with Crippen LogP contribution in [0.25, 0.3) is 0 Å². The lowest BCUT2D eigenvalue weighted by atomic mass is 9.97. The zero-order chi connectivity index (χ0) is 33.6. The number of carbonyl (C=O) groups is 6. The average molecular weight is 642 g/mol. The van der Waals surface area contributed by atoms with E-state index in [1.165, 1.54) is 4.90 Å². The van der Waals surface area contributed by atoms with Crippen molar-refractivity contribution >= 4 is 52.1 Å². The molecule has 12 nitrogen and oxygen atoms in total. The molecule has 1 aromatic heterocycles. The Morgan fingerprint density at radius 1 is 0.844 bits per heavy atom. The number of nitrogens with one attached hydrogen (secondary N) is 1. The van der Waals surface area contributed by atoms with Gasteiger partial charge < -0.3 is 19.5 Å². The summed E-state index contributed by atoms with van der Waals surface area (Å²) in [6.45, 7) is 14.9. The molecule has 2 aliphatic heterocycles. The molecular formula is C32H39N3O9S. The number of benzene rings is 1. The zero-order valence-corrected chi connectivity index (χ0v) is 27.8. The van der Waals surface area contributed by atoms with Crippen LogP contribution in [-0.4, -0.2) is 75.4 Å². The van der Waals surface area contributed by atoms with Crippen LogP contribution in [0.2, 0.25) is 0 Å². The second-order valence-corrected chi connectivity index (χ2v) is 14.9. The first-order valence-corrected chi connectivity index (χ1v) is 15.4. The molecule has 0 aliphatic carbocycles. The van der Waals surface area contributed by atoms with Crippen molar-refractivity contribution < 1.29 is 43.0 Å². The lowest BCUT2D eigenvalue weighted by Gasteiger charge is -2.38. The SMILES string of the molecule is CC(C)(C)OC(=O)C(=O)Nc1sc2c(c1C(=O)OC(C)(C)C)CCN(C(=O)OC(C)(C)C)C2CN1C(=O)c2ccccc2C1=O. The van der Waals surface area contributed by atoms with Crippen molar-refractivity contribution in [1.29, 1.82) is 0 Å². The van der Waals surface area contributed by atoms with Gasteiger partial charge >= 0.3 is 23.9 Å². The molecule has 0 radical (unpaired) electrons. The number of ether oxygens (including phenoxy) is 3. The van der Waals surface area contributed by atoms with Gasteiger partial charge in [0.2, 0.25) is 0 Å². The minimum atomic E-state index is -1.15. The fourth-order valence-corrected chi connectivity index (χ4v) is 6.28. The third-order valence-electron chi connectivity index (χ3n) is 6.60. The Kier molecular flexibility index (Phi) is 8.91. The van der Waals surface area contributed by atoms with E-state index in [1.807, 2.05) is 0 Å². The zero-order valence-electron chi connectivity index (χ0n) is 27.0. The van der Waals surface area contributed by atoms with E-state index in [1.54, 1.807) is 86.6 Å². The number of imide groups is 1. The topological polar surface area (TPSA) is 149 Å². The summed E-state index contributed by atoms with van der Waals surface area (Å²) in [5, 5.41) is 2.52. The first kappa shape index (κ1) is 33.6. The van der Waals surface area contributed by atoms with Crippen molar-refractivity contribution in [2.75, 3.05) is 18.4 Å². The number of hydrogen-bond acceptors (Lipinski definition) is 10. The van der Waals surface area contributed by atoms with Crippen molar-refractivity contribution in [3.05, 3.63) is 51.4 Å². The van der Waals surface area contributed by atoms with Gasteiger partial charge in [0.25, 0.3) is 11.8 Å². The Morgan fingerprint density at radius 3 is 1.89 bits per heavy atom. The lowest BCUT2D eigenvalue weighted by molar-refractivity contribution is -0.161. The Hall–Kier alpha value is -4.26. The van der Waals surface area contributed by atoms with Crippen LogP contribution in [0.5, 0.6) is 0 Å². The number of anilines is 1. The highest BCUT2D eigenvalue weighted by molar-refractivity contribution is 7.17. The molecule has 1 N–H and O–H groups in total. The molecule has 1 aromatic carbocycles. The lowest BCUT2D eigenvalue weighted by Crippen LogP contribution is -2.47. The van der Waals surface area contributed by atoms with Gasteiger partial charge in [0, 0.05) is 11.4 Å². The molecule has 0 saturated heterocycles. The Bertz CT molecular complexity index is 1540. The van der Waals surface area contributed by atoms with Gasteiger partial charge in [-0.05, 0) is 86.4 Å². The molecule has 2 aromatic rings. The van der Waals surface area contributed by atoms with Gasteiger partial charge in [-0.1, -0.05) is 12.1 Å². The molecule has 242 valence electrons. The van der Waals surface area contributed by atoms with E-state index < -0.39 is 58.6 Å². The fourth-order valence-electron chi connectivity index (χ4n) is 4.94. The molecular weight excluding hydrogens is 602 g/mol. The number of fused-ring (bicyclic) bond motifs is 2. The van der Waals surface area contributed by atoms with Crippen LogP contribution >= 0.6 is 11.3 Å². The molecule has 45 heavy (non-hydrogen) atoms. The van der Waals surface area contributed by atoms with E-state index in [0.717, 1.165) is 16.2 Å². The van der Waals surface area contributed by atoms with Crippen LogP contribution in [-0.2, 0) is 30.2 Å². The molecule has 3 heterocycles. The van der Waals surface area contributed by atoms with Crippen molar-refractivity contribution in [1.82, 2.24) is 9.80 Å². The van der Waals surface area contributed by atoms with E-state index in [2.05, 4.69) is 5.32 Å². The third-order valence-corrected chi connectivity index (χ3v) is 7.84. The summed E-state index contributed by atoms with van der Waals surface area (Å²) in [5.41, 5.74) is -1.70. The molecule has 4 rings (SSSR count). The summed E-state index contributed by atoms with van der Waals surface area (Å²) >= 11 is 0.958. The highest BCUT2D eigenvalue weighted by Crippen LogP contribution is 2.44. The molecule has 0 bridgehead atoms. The first-order valence-electron chi connectivity index (χ1n) is 14.5. The van der Waals surface area contributed by atoms with Crippen LogP contribution in [0.15, 0.2) is 24.3 Å². The minimum Gasteiger partial charge on any atom is -0.456 e. The second kappa shape index (κ2) is 11.9. The van der Waals surface area contributed by atoms with Crippen LogP contribution in [0.3, 0.4) is 0 Å². The summed E-state index contributed by atoms with van der Waals surface area (Å²) in [7, 11) is 0. The van der Waals surface area contributed by atoms with Crippen LogP contribution in [0.4, 0.5) is 9.80 Å². The summed E-state index contributed by atoms with van der Waals surface area (Å²) in [5.74, 6) is -4.04. The number of carbonyl (C=O) groups excluding carboxylic acids is 6. The number of nitrogens with zero attached hydrogens (tertiary/aromatic N) is 2. The second-order valence-electron chi connectivity index (χ2n) is 13.8. The van der Waals surface area contributed by atoms with Gasteiger partial charge in [0.15, 0.2) is 0 Å². The molecule has 2 aliphatic rings. The van der Waals surface area contributed by atoms with Crippen molar-refractivity contribution in [2.24, 2.45) is 0 Å². The van der Waals surface area contributed by atoms with Crippen molar-refractivity contribution in [3.63, 3.8) is 0 Å². The van der Waals surface area contributed by atoms with Crippen LogP contribution in [0.1, 0.15) is 110 Å². The number of esters is 2. The molecule has 0 saturated carbocycles. The van der Waals surface area contributed by atoms with Gasteiger partial charge in [-0.3, -0.25) is 24.2 Å². The van der Waals surface area contributed by atoms with Crippen molar-refractivity contribution in [2.45, 2.75) is 91.6 Å². The molecule has 0 fully saturated rings. The largest absolute Gasteiger partial charge is 0.456 e. The maximum atomic E-state index is 13.6. The predicted molar refractivity (Wildman–Crippen MR) is 165 cm³/mol.